The number of furan rings is 1. The van der Waals surface area contributed by atoms with E-state index in [9.17, 15) is 9.59 Å². The third-order valence-corrected chi connectivity index (χ3v) is 4.43. The lowest BCUT2D eigenvalue weighted by Crippen LogP contribution is -2.38. The van der Waals surface area contributed by atoms with Crippen LogP contribution in [0.1, 0.15) is 31.1 Å². The van der Waals surface area contributed by atoms with Gasteiger partial charge in [0, 0.05) is 11.4 Å². The van der Waals surface area contributed by atoms with Gasteiger partial charge in [0.05, 0.1) is 17.3 Å². The summed E-state index contributed by atoms with van der Waals surface area (Å²) in [5.41, 5.74) is 1.52. The predicted octanol–water partition coefficient (Wildman–Crippen LogP) is 3.81. The molecule has 0 aliphatic rings. The maximum atomic E-state index is 12.6. The van der Waals surface area contributed by atoms with E-state index in [0.717, 1.165) is 0 Å². The predicted molar refractivity (Wildman–Crippen MR) is 102 cm³/mol. The molecular weight excluding hydrogens is 344 g/mol. The first-order valence-corrected chi connectivity index (χ1v) is 8.86. The summed E-state index contributed by atoms with van der Waals surface area (Å²) in [5, 5.41) is 3.47. The van der Waals surface area contributed by atoms with E-state index in [4.69, 9.17) is 9.15 Å². The number of para-hydroxylation sites is 1. The number of rotatable bonds is 6. The first-order chi connectivity index (χ1) is 13.0. The summed E-state index contributed by atoms with van der Waals surface area (Å²) in [5.74, 6) is -0.0501. The summed E-state index contributed by atoms with van der Waals surface area (Å²) in [6.07, 6.45) is 1.55. The van der Waals surface area contributed by atoms with Gasteiger partial charge < -0.3 is 14.5 Å². The van der Waals surface area contributed by atoms with Crippen molar-refractivity contribution in [3.05, 3.63) is 54.3 Å². The third kappa shape index (κ3) is 4.34. The standard InChI is InChI=1S/C21H22N2O4/c1-13(2)14(3)22-20(24)12-27-21(25)16-11-18(19-9-6-10-26-19)23-17-8-5-4-7-15(16)17/h4-11,13-14H,12H2,1-3H3,(H,22,24)/t14-/m0/s1. The van der Waals surface area contributed by atoms with Gasteiger partial charge in [-0.25, -0.2) is 9.78 Å². The van der Waals surface area contributed by atoms with Gasteiger partial charge in [-0.3, -0.25) is 4.79 Å². The Labute approximate surface area is 157 Å². The summed E-state index contributed by atoms with van der Waals surface area (Å²) >= 11 is 0. The van der Waals surface area contributed by atoms with Gasteiger partial charge in [-0.1, -0.05) is 32.0 Å². The molecule has 0 aliphatic heterocycles. The van der Waals surface area contributed by atoms with Crippen molar-refractivity contribution in [1.29, 1.82) is 0 Å². The molecule has 1 aromatic carbocycles. The summed E-state index contributed by atoms with van der Waals surface area (Å²) in [4.78, 5) is 29.2. The van der Waals surface area contributed by atoms with Gasteiger partial charge in [0.25, 0.3) is 5.91 Å². The largest absolute Gasteiger partial charge is 0.463 e. The molecule has 0 saturated heterocycles. The minimum Gasteiger partial charge on any atom is -0.463 e. The van der Waals surface area contributed by atoms with E-state index in [-0.39, 0.29) is 18.6 Å². The number of benzene rings is 1. The molecule has 3 aromatic rings. The molecule has 0 unspecified atom stereocenters. The molecule has 1 atom stereocenters. The number of amides is 1. The highest BCUT2D eigenvalue weighted by Crippen LogP contribution is 2.25. The van der Waals surface area contributed by atoms with E-state index in [1.165, 1.54) is 0 Å². The molecule has 6 heteroatoms. The van der Waals surface area contributed by atoms with E-state index in [1.807, 2.05) is 39.0 Å². The molecule has 27 heavy (non-hydrogen) atoms. The van der Waals surface area contributed by atoms with Crippen molar-refractivity contribution >= 4 is 22.8 Å². The Balaban J connectivity index is 1.82. The Bertz CT molecular complexity index is 948. The van der Waals surface area contributed by atoms with Gasteiger partial charge in [-0.2, -0.15) is 0 Å². The van der Waals surface area contributed by atoms with Crippen LogP contribution >= 0.6 is 0 Å². The SMILES string of the molecule is CC(C)[C@H](C)NC(=O)COC(=O)c1cc(-c2ccco2)nc2ccccc12. The minimum atomic E-state index is -0.575. The van der Waals surface area contributed by atoms with Crippen molar-refractivity contribution in [1.82, 2.24) is 10.3 Å². The Morgan fingerprint density at radius 2 is 1.93 bits per heavy atom. The van der Waals surface area contributed by atoms with Crippen LogP contribution in [-0.4, -0.2) is 29.5 Å². The van der Waals surface area contributed by atoms with E-state index in [0.29, 0.717) is 33.8 Å². The number of carbonyl (C=O) groups is 2. The average molecular weight is 366 g/mol. The second-order valence-electron chi connectivity index (χ2n) is 6.73. The molecule has 0 aliphatic carbocycles. The fourth-order valence-electron chi connectivity index (χ4n) is 2.57. The van der Waals surface area contributed by atoms with Gasteiger partial charge in [0.1, 0.15) is 5.69 Å². The average Bonchev–Trinajstić information content (AvgIpc) is 3.20. The number of carbonyl (C=O) groups excluding carboxylic acids is 2. The lowest BCUT2D eigenvalue weighted by Gasteiger charge is -2.17. The smallest absolute Gasteiger partial charge is 0.339 e. The summed E-state index contributed by atoms with van der Waals surface area (Å²) in [6, 6.07) is 12.4. The number of fused-ring (bicyclic) bond motifs is 1. The molecule has 2 heterocycles. The number of esters is 1. The lowest BCUT2D eigenvalue weighted by atomic mass is 10.1. The zero-order chi connectivity index (χ0) is 19.4. The van der Waals surface area contributed by atoms with Gasteiger partial charge in [-0.15, -0.1) is 0 Å². The molecule has 1 N–H and O–H groups in total. The number of hydrogen-bond donors (Lipinski definition) is 1. The number of nitrogens with zero attached hydrogens (tertiary/aromatic N) is 1. The molecule has 1 amide bonds. The topological polar surface area (TPSA) is 81.4 Å². The Morgan fingerprint density at radius 1 is 1.15 bits per heavy atom. The molecule has 0 radical (unpaired) electrons. The fourth-order valence-corrected chi connectivity index (χ4v) is 2.57. The van der Waals surface area contributed by atoms with Crippen molar-refractivity contribution in [2.45, 2.75) is 26.8 Å². The second-order valence-corrected chi connectivity index (χ2v) is 6.73. The van der Waals surface area contributed by atoms with Crippen molar-refractivity contribution in [3.63, 3.8) is 0 Å². The van der Waals surface area contributed by atoms with Crippen LogP contribution in [-0.2, 0) is 9.53 Å². The van der Waals surface area contributed by atoms with Gasteiger partial charge >= 0.3 is 5.97 Å². The van der Waals surface area contributed by atoms with Crippen molar-refractivity contribution in [3.8, 4) is 11.5 Å². The monoisotopic (exact) mass is 366 g/mol. The number of aromatic nitrogens is 1. The number of ether oxygens (including phenoxy) is 1. The van der Waals surface area contributed by atoms with Gasteiger partial charge in [0.15, 0.2) is 12.4 Å². The van der Waals surface area contributed by atoms with E-state index in [2.05, 4.69) is 10.3 Å². The van der Waals surface area contributed by atoms with Crippen LogP contribution in [0.15, 0.2) is 53.1 Å². The quantitative estimate of drug-likeness (QED) is 0.671. The van der Waals surface area contributed by atoms with Crippen molar-refractivity contribution < 1.29 is 18.7 Å². The summed E-state index contributed by atoms with van der Waals surface area (Å²) < 4.78 is 10.6. The zero-order valence-electron chi connectivity index (χ0n) is 15.6. The molecule has 0 bridgehead atoms. The zero-order valence-corrected chi connectivity index (χ0v) is 15.6. The highest BCUT2D eigenvalue weighted by Gasteiger charge is 2.18. The minimum absolute atomic E-state index is 0.00325. The molecule has 6 nitrogen and oxygen atoms in total. The Kier molecular flexibility index (Phi) is 5.54. The van der Waals surface area contributed by atoms with E-state index >= 15 is 0 Å². The maximum Gasteiger partial charge on any atom is 0.339 e. The normalized spacial score (nSPS) is 12.1. The van der Waals surface area contributed by atoms with Gasteiger partial charge in [0.2, 0.25) is 0 Å². The van der Waals surface area contributed by atoms with E-state index < -0.39 is 5.97 Å². The molecule has 140 valence electrons. The summed E-state index contributed by atoms with van der Waals surface area (Å²) in [6.45, 7) is 5.60. The molecule has 0 fully saturated rings. The van der Waals surface area contributed by atoms with Crippen LogP contribution in [0, 0.1) is 5.92 Å². The van der Waals surface area contributed by atoms with Crippen LogP contribution in [0.2, 0.25) is 0 Å². The van der Waals surface area contributed by atoms with Crippen LogP contribution in [0.25, 0.3) is 22.4 Å². The van der Waals surface area contributed by atoms with Crippen molar-refractivity contribution in [2.75, 3.05) is 6.61 Å². The molecular formula is C21H22N2O4. The number of pyridine rings is 1. The first-order valence-electron chi connectivity index (χ1n) is 8.86. The van der Waals surface area contributed by atoms with Crippen LogP contribution in [0.5, 0.6) is 0 Å². The Hall–Kier alpha value is -3.15. The van der Waals surface area contributed by atoms with Crippen LogP contribution < -0.4 is 5.32 Å². The highest BCUT2D eigenvalue weighted by atomic mass is 16.5. The number of hydrogen-bond acceptors (Lipinski definition) is 5. The first kappa shape index (κ1) is 18.6. The molecule has 3 rings (SSSR count). The number of nitrogens with one attached hydrogen (secondary N) is 1. The van der Waals surface area contributed by atoms with Gasteiger partial charge in [-0.05, 0) is 37.1 Å². The second kappa shape index (κ2) is 8.03. The maximum absolute atomic E-state index is 12.6. The Morgan fingerprint density at radius 3 is 2.63 bits per heavy atom. The van der Waals surface area contributed by atoms with Crippen LogP contribution in [0.4, 0.5) is 0 Å². The summed E-state index contributed by atoms with van der Waals surface area (Å²) in [7, 11) is 0. The van der Waals surface area contributed by atoms with E-state index in [1.54, 1.807) is 30.5 Å². The molecule has 2 aromatic heterocycles. The third-order valence-electron chi connectivity index (χ3n) is 4.43. The highest BCUT2D eigenvalue weighted by molar-refractivity contribution is 6.05. The van der Waals surface area contributed by atoms with Crippen LogP contribution in [0.3, 0.4) is 0 Å². The molecule has 0 saturated carbocycles. The molecule has 0 spiro atoms. The van der Waals surface area contributed by atoms with Crippen molar-refractivity contribution in [2.24, 2.45) is 5.92 Å². The fraction of sp³-hybridized carbons (Fsp3) is 0.286. The lowest BCUT2D eigenvalue weighted by molar-refractivity contribution is -0.125.